The van der Waals surface area contributed by atoms with Gasteiger partial charge in [-0.1, -0.05) is 11.3 Å². The zero-order valence-corrected chi connectivity index (χ0v) is 15.3. The summed E-state index contributed by atoms with van der Waals surface area (Å²) in [5.74, 6) is 0.0627. The number of esters is 1. The van der Waals surface area contributed by atoms with Crippen molar-refractivity contribution in [1.29, 1.82) is 0 Å². The summed E-state index contributed by atoms with van der Waals surface area (Å²) in [6.45, 7) is 3.85. The third-order valence-electron chi connectivity index (χ3n) is 4.83. The van der Waals surface area contributed by atoms with Crippen LogP contribution >= 0.6 is 11.3 Å². The number of aromatic nitrogens is 2. The van der Waals surface area contributed by atoms with Crippen LogP contribution in [0.25, 0.3) is 0 Å². The summed E-state index contributed by atoms with van der Waals surface area (Å²) in [5.41, 5.74) is 0. The number of hydrogen-bond donors (Lipinski definition) is 2. The van der Waals surface area contributed by atoms with Gasteiger partial charge >= 0.3 is 5.97 Å². The Bertz CT molecular complexity index is 594. The van der Waals surface area contributed by atoms with Gasteiger partial charge in [0.2, 0.25) is 5.01 Å². The molecule has 0 aromatic carbocycles. The van der Waals surface area contributed by atoms with Gasteiger partial charge in [0, 0.05) is 25.0 Å². The molecule has 9 heteroatoms. The SMILES string of the molecule is COC(=O)CN1CCC(NC(=O)c2nnc(C3CCNCC3)s2)CC1. The van der Waals surface area contributed by atoms with E-state index in [1.165, 1.54) is 18.4 Å². The number of nitrogens with one attached hydrogen (secondary N) is 2. The molecule has 0 unspecified atom stereocenters. The fraction of sp³-hybridized carbons (Fsp3) is 0.750. The number of amides is 1. The number of hydrogen-bond acceptors (Lipinski definition) is 8. The Labute approximate surface area is 151 Å². The fourth-order valence-electron chi connectivity index (χ4n) is 3.29. The molecule has 0 saturated carbocycles. The molecule has 25 heavy (non-hydrogen) atoms. The van der Waals surface area contributed by atoms with Crippen LogP contribution in [0.4, 0.5) is 0 Å². The lowest BCUT2D eigenvalue weighted by molar-refractivity contribution is -0.142. The highest BCUT2D eigenvalue weighted by Crippen LogP contribution is 2.27. The summed E-state index contributed by atoms with van der Waals surface area (Å²) >= 11 is 1.41. The van der Waals surface area contributed by atoms with Crippen LogP contribution in [0.1, 0.15) is 46.4 Å². The van der Waals surface area contributed by atoms with Gasteiger partial charge in [-0.05, 0) is 38.8 Å². The van der Waals surface area contributed by atoms with Gasteiger partial charge in [0.25, 0.3) is 5.91 Å². The van der Waals surface area contributed by atoms with Crippen molar-refractivity contribution in [3.63, 3.8) is 0 Å². The molecule has 1 aromatic heterocycles. The van der Waals surface area contributed by atoms with Crippen molar-refractivity contribution in [2.75, 3.05) is 39.8 Å². The Morgan fingerprint density at radius 2 is 1.96 bits per heavy atom. The van der Waals surface area contributed by atoms with E-state index < -0.39 is 0 Å². The quantitative estimate of drug-likeness (QED) is 0.726. The molecule has 0 atom stereocenters. The lowest BCUT2D eigenvalue weighted by Gasteiger charge is -2.31. The molecule has 138 valence electrons. The highest BCUT2D eigenvalue weighted by atomic mass is 32.1. The third kappa shape index (κ3) is 4.96. The maximum Gasteiger partial charge on any atom is 0.319 e. The van der Waals surface area contributed by atoms with Crippen LogP contribution in [-0.4, -0.2) is 72.8 Å². The van der Waals surface area contributed by atoms with Crippen LogP contribution < -0.4 is 10.6 Å². The average molecular weight is 367 g/mol. The largest absolute Gasteiger partial charge is 0.468 e. The molecule has 1 amide bonds. The molecule has 8 nitrogen and oxygen atoms in total. The number of carbonyl (C=O) groups is 2. The van der Waals surface area contributed by atoms with E-state index in [0.717, 1.165) is 56.9 Å². The minimum atomic E-state index is -0.221. The predicted molar refractivity (Wildman–Crippen MR) is 93.7 cm³/mol. The van der Waals surface area contributed by atoms with Crippen LogP contribution in [0, 0.1) is 0 Å². The molecular weight excluding hydrogens is 342 g/mol. The van der Waals surface area contributed by atoms with Crippen molar-refractivity contribution in [2.45, 2.75) is 37.6 Å². The second kappa shape index (κ2) is 8.68. The summed E-state index contributed by atoms with van der Waals surface area (Å²) < 4.78 is 4.69. The van der Waals surface area contributed by atoms with Gasteiger partial charge < -0.3 is 15.4 Å². The Morgan fingerprint density at radius 3 is 2.64 bits per heavy atom. The fourth-order valence-corrected chi connectivity index (χ4v) is 4.21. The zero-order valence-electron chi connectivity index (χ0n) is 14.5. The Kier molecular flexibility index (Phi) is 6.33. The first-order chi connectivity index (χ1) is 12.2. The van der Waals surface area contributed by atoms with E-state index in [2.05, 4.69) is 30.5 Å². The van der Waals surface area contributed by atoms with Crippen molar-refractivity contribution < 1.29 is 14.3 Å². The van der Waals surface area contributed by atoms with E-state index in [-0.39, 0.29) is 17.9 Å². The molecule has 0 aliphatic carbocycles. The van der Waals surface area contributed by atoms with Crippen molar-refractivity contribution in [2.24, 2.45) is 0 Å². The number of rotatable bonds is 5. The Hall–Kier alpha value is -1.58. The van der Waals surface area contributed by atoms with Gasteiger partial charge in [0.05, 0.1) is 13.7 Å². The molecule has 2 saturated heterocycles. The molecule has 1 aromatic rings. The van der Waals surface area contributed by atoms with Gasteiger partial charge in [-0.25, -0.2) is 0 Å². The monoisotopic (exact) mass is 367 g/mol. The topological polar surface area (TPSA) is 96.5 Å². The molecule has 3 heterocycles. The Balaban J connectivity index is 1.46. The summed E-state index contributed by atoms with van der Waals surface area (Å²) in [6, 6.07) is 0.118. The second-order valence-electron chi connectivity index (χ2n) is 6.57. The van der Waals surface area contributed by atoms with Crippen molar-refractivity contribution in [3.8, 4) is 0 Å². The molecule has 2 aliphatic rings. The van der Waals surface area contributed by atoms with E-state index >= 15 is 0 Å². The first kappa shape index (κ1) is 18.2. The lowest BCUT2D eigenvalue weighted by atomic mass is 9.99. The van der Waals surface area contributed by atoms with Gasteiger partial charge in [-0.15, -0.1) is 10.2 Å². The predicted octanol–water partition coefficient (Wildman–Crippen LogP) is 0.372. The van der Waals surface area contributed by atoms with Gasteiger partial charge in [0.15, 0.2) is 0 Å². The van der Waals surface area contributed by atoms with Crippen molar-refractivity contribution >= 4 is 23.2 Å². The normalized spacial score (nSPS) is 20.4. The average Bonchev–Trinajstić information content (AvgIpc) is 3.14. The highest BCUT2D eigenvalue weighted by Gasteiger charge is 2.25. The van der Waals surface area contributed by atoms with Crippen LogP contribution in [0.2, 0.25) is 0 Å². The van der Waals surface area contributed by atoms with Crippen LogP contribution in [0.5, 0.6) is 0 Å². The van der Waals surface area contributed by atoms with E-state index in [1.54, 1.807) is 0 Å². The molecule has 3 rings (SSSR count). The lowest BCUT2D eigenvalue weighted by Crippen LogP contribution is -2.46. The van der Waals surface area contributed by atoms with Gasteiger partial charge in [-0.2, -0.15) is 0 Å². The number of nitrogens with zero attached hydrogens (tertiary/aromatic N) is 3. The van der Waals surface area contributed by atoms with Crippen molar-refractivity contribution in [3.05, 3.63) is 10.0 Å². The van der Waals surface area contributed by atoms with Crippen LogP contribution in [-0.2, 0) is 9.53 Å². The number of likely N-dealkylation sites (tertiary alicyclic amines) is 1. The summed E-state index contributed by atoms with van der Waals surface area (Å²) in [7, 11) is 1.40. The molecule has 2 aliphatic heterocycles. The molecule has 2 fully saturated rings. The maximum atomic E-state index is 12.4. The van der Waals surface area contributed by atoms with Crippen molar-refractivity contribution in [1.82, 2.24) is 25.7 Å². The third-order valence-corrected chi connectivity index (χ3v) is 5.91. The summed E-state index contributed by atoms with van der Waals surface area (Å²) in [4.78, 5) is 25.8. The second-order valence-corrected chi connectivity index (χ2v) is 7.58. The van der Waals surface area contributed by atoms with E-state index in [4.69, 9.17) is 0 Å². The smallest absolute Gasteiger partial charge is 0.319 e. The maximum absolute atomic E-state index is 12.4. The zero-order chi connectivity index (χ0) is 17.6. The highest BCUT2D eigenvalue weighted by molar-refractivity contribution is 7.13. The van der Waals surface area contributed by atoms with E-state index in [0.29, 0.717) is 17.5 Å². The number of carbonyl (C=O) groups excluding carboxylic acids is 2. The standard InChI is InChI=1S/C16H25N5O3S/c1-24-13(22)10-21-8-4-12(5-9-21)18-14(23)16-20-19-15(25-16)11-2-6-17-7-3-11/h11-12,17H,2-10H2,1H3,(H,18,23). The van der Waals surface area contributed by atoms with E-state index in [9.17, 15) is 9.59 Å². The minimum absolute atomic E-state index is 0.118. The number of ether oxygens (including phenoxy) is 1. The summed E-state index contributed by atoms with van der Waals surface area (Å²) in [6.07, 6.45) is 3.75. The first-order valence-corrected chi connectivity index (χ1v) is 9.61. The summed E-state index contributed by atoms with van der Waals surface area (Å²) in [5, 5.41) is 16.1. The van der Waals surface area contributed by atoms with Gasteiger partial charge in [0.1, 0.15) is 5.01 Å². The molecule has 0 bridgehead atoms. The molecule has 0 spiro atoms. The van der Waals surface area contributed by atoms with Crippen LogP contribution in [0.3, 0.4) is 0 Å². The minimum Gasteiger partial charge on any atom is -0.468 e. The Morgan fingerprint density at radius 1 is 1.24 bits per heavy atom. The van der Waals surface area contributed by atoms with Gasteiger partial charge in [-0.3, -0.25) is 14.5 Å². The molecule has 2 N–H and O–H groups in total. The van der Waals surface area contributed by atoms with E-state index in [1.807, 2.05) is 0 Å². The molecule has 0 radical (unpaired) electrons. The molecular formula is C16H25N5O3S. The van der Waals surface area contributed by atoms with Crippen LogP contribution in [0.15, 0.2) is 0 Å². The number of methoxy groups -OCH3 is 1. The number of piperidine rings is 2. The first-order valence-electron chi connectivity index (χ1n) is 8.80.